The van der Waals surface area contributed by atoms with Crippen LogP contribution in [-0.2, 0) is 14.3 Å². The predicted octanol–water partition coefficient (Wildman–Crippen LogP) is 1.62. The summed E-state index contributed by atoms with van der Waals surface area (Å²) in [6.45, 7) is 0.241. The Hall–Kier alpha value is -1.73. The van der Waals surface area contributed by atoms with Gasteiger partial charge in [-0.1, -0.05) is 15.9 Å². The fourth-order valence-electron chi connectivity index (χ4n) is 2.03. The zero-order chi connectivity index (χ0) is 15.4. The van der Waals surface area contributed by atoms with E-state index < -0.39 is 5.97 Å². The summed E-state index contributed by atoms with van der Waals surface area (Å²) in [5.74, 6) is -1.10. The molecule has 1 aromatic rings. The van der Waals surface area contributed by atoms with Crippen molar-refractivity contribution in [2.24, 2.45) is 0 Å². The first-order chi connectivity index (χ1) is 10.0. The van der Waals surface area contributed by atoms with Crippen molar-refractivity contribution in [2.45, 2.75) is 6.42 Å². The molecule has 0 saturated heterocycles. The van der Waals surface area contributed by atoms with Crippen LogP contribution in [0, 0.1) is 0 Å². The molecule has 0 radical (unpaired) electrons. The monoisotopic (exact) mass is 355 g/mol. The van der Waals surface area contributed by atoms with Crippen LogP contribution in [0.3, 0.4) is 0 Å². The van der Waals surface area contributed by atoms with Crippen molar-refractivity contribution in [3.63, 3.8) is 0 Å². The van der Waals surface area contributed by atoms with Gasteiger partial charge in [0.2, 0.25) is 0 Å². The Balaban J connectivity index is 1.90. The number of hydrogen-bond acceptors (Lipinski definition) is 5. The molecule has 0 atom stereocenters. The molecule has 1 aliphatic rings. The fraction of sp³-hybridized carbons (Fsp3) is 0.357. The zero-order valence-corrected chi connectivity index (χ0v) is 13.0. The Morgan fingerprint density at radius 1 is 1.24 bits per heavy atom. The van der Waals surface area contributed by atoms with Crippen molar-refractivity contribution in [1.29, 1.82) is 0 Å². The van der Waals surface area contributed by atoms with Crippen molar-refractivity contribution >= 4 is 33.7 Å². The molecule has 0 aliphatic carbocycles. The highest BCUT2D eigenvalue weighted by molar-refractivity contribution is 9.10. The van der Waals surface area contributed by atoms with Gasteiger partial charge < -0.3 is 9.47 Å². The maximum atomic E-state index is 12.1. The smallest absolute Gasteiger partial charge is 0.332 e. The molecule has 0 saturated carbocycles. The Morgan fingerprint density at radius 2 is 1.95 bits per heavy atom. The lowest BCUT2D eigenvalue weighted by Gasteiger charge is -2.13. The van der Waals surface area contributed by atoms with Crippen LogP contribution < -0.4 is 0 Å². The maximum absolute atomic E-state index is 12.1. The highest BCUT2D eigenvalue weighted by Gasteiger charge is 2.34. The summed E-state index contributed by atoms with van der Waals surface area (Å²) >= 11 is 3.28. The SMILES string of the molecule is COCC(=O)OCCCN1C(=O)c2ccc(Br)cc2C1=O. The van der Waals surface area contributed by atoms with Crippen LogP contribution in [0.25, 0.3) is 0 Å². The van der Waals surface area contributed by atoms with E-state index in [1.54, 1.807) is 18.2 Å². The summed E-state index contributed by atoms with van der Waals surface area (Å²) in [5, 5.41) is 0. The van der Waals surface area contributed by atoms with Crippen LogP contribution in [0.2, 0.25) is 0 Å². The minimum absolute atomic E-state index is 0.110. The van der Waals surface area contributed by atoms with Crippen LogP contribution in [0.5, 0.6) is 0 Å². The first kappa shape index (κ1) is 15.7. The largest absolute Gasteiger partial charge is 0.464 e. The zero-order valence-electron chi connectivity index (χ0n) is 11.4. The molecular weight excluding hydrogens is 342 g/mol. The van der Waals surface area contributed by atoms with Gasteiger partial charge in [-0.15, -0.1) is 0 Å². The molecule has 1 aliphatic heterocycles. The number of fused-ring (bicyclic) bond motifs is 1. The van der Waals surface area contributed by atoms with Gasteiger partial charge >= 0.3 is 5.97 Å². The molecule has 0 spiro atoms. The van der Waals surface area contributed by atoms with Gasteiger partial charge in [-0.3, -0.25) is 14.5 Å². The Labute approximate surface area is 130 Å². The van der Waals surface area contributed by atoms with E-state index in [2.05, 4.69) is 20.7 Å². The highest BCUT2D eigenvalue weighted by atomic mass is 79.9. The Kier molecular flexibility index (Phi) is 5.08. The Morgan fingerprint density at radius 3 is 2.67 bits per heavy atom. The summed E-state index contributed by atoms with van der Waals surface area (Å²) in [7, 11) is 1.40. The van der Waals surface area contributed by atoms with Crippen molar-refractivity contribution in [1.82, 2.24) is 4.90 Å². The van der Waals surface area contributed by atoms with Crippen molar-refractivity contribution in [3.05, 3.63) is 33.8 Å². The Bertz CT molecular complexity index is 587. The molecule has 1 aromatic carbocycles. The topological polar surface area (TPSA) is 72.9 Å². The summed E-state index contributed by atoms with van der Waals surface area (Å²) in [5.41, 5.74) is 0.797. The number of ether oxygens (including phenoxy) is 2. The third-order valence-corrected chi connectivity index (χ3v) is 3.48. The average Bonchev–Trinajstić information content (AvgIpc) is 2.68. The standard InChI is InChI=1S/C14H14BrNO5/c1-20-8-12(17)21-6-2-5-16-13(18)10-4-3-9(15)7-11(10)14(16)19/h3-4,7H,2,5-6,8H2,1H3. The molecule has 0 N–H and O–H groups in total. The number of amides is 2. The first-order valence-corrected chi connectivity index (χ1v) is 7.14. The van der Waals surface area contributed by atoms with Crippen molar-refractivity contribution in [2.75, 3.05) is 26.9 Å². The van der Waals surface area contributed by atoms with Crippen LogP contribution in [0.1, 0.15) is 27.1 Å². The molecule has 0 fully saturated rings. The number of rotatable bonds is 6. The lowest BCUT2D eigenvalue weighted by Crippen LogP contribution is -2.31. The number of halogens is 1. The molecule has 0 unspecified atom stereocenters. The number of carbonyl (C=O) groups excluding carboxylic acids is 3. The van der Waals surface area contributed by atoms with E-state index in [0.29, 0.717) is 17.5 Å². The van der Waals surface area contributed by atoms with E-state index >= 15 is 0 Å². The molecule has 0 aromatic heterocycles. The van der Waals surface area contributed by atoms with Gasteiger partial charge in [0.15, 0.2) is 0 Å². The van der Waals surface area contributed by atoms with Crippen molar-refractivity contribution in [3.8, 4) is 0 Å². The minimum Gasteiger partial charge on any atom is -0.464 e. The summed E-state index contributed by atoms with van der Waals surface area (Å²) in [6, 6.07) is 4.98. The second-order valence-corrected chi connectivity index (χ2v) is 5.37. The third kappa shape index (κ3) is 3.48. The lowest BCUT2D eigenvalue weighted by molar-refractivity contribution is -0.148. The van der Waals surface area contributed by atoms with Gasteiger partial charge in [-0.25, -0.2) is 4.79 Å². The van der Waals surface area contributed by atoms with Gasteiger partial charge in [-0.2, -0.15) is 0 Å². The fourth-order valence-corrected chi connectivity index (χ4v) is 2.40. The maximum Gasteiger partial charge on any atom is 0.332 e. The quantitative estimate of drug-likeness (QED) is 0.440. The molecule has 21 heavy (non-hydrogen) atoms. The van der Waals surface area contributed by atoms with Gasteiger partial charge in [0, 0.05) is 18.1 Å². The second kappa shape index (κ2) is 6.82. The van der Waals surface area contributed by atoms with E-state index in [1.165, 1.54) is 12.0 Å². The molecule has 6 nitrogen and oxygen atoms in total. The average molecular weight is 356 g/mol. The van der Waals surface area contributed by atoms with E-state index in [4.69, 9.17) is 4.74 Å². The third-order valence-electron chi connectivity index (χ3n) is 2.98. The summed E-state index contributed by atoms with van der Waals surface area (Å²) in [4.78, 5) is 36.5. The van der Waals surface area contributed by atoms with Crippen LogP contribution in [0.4, 0.5) is 0 Å². The van der Waals surface area contributed by atoms with Gasteiger partial charge in [-0.05, 0) is 24.6 Å². The predicted molar refractivity (Wildman–Crippen MR) is 77.0 cm³/mol. The number of hydrogen-bond donors (Lipinski definition) is 0. The van der Waals surface area contributed by atoms with Crippen LogP contribution in [0.15, 0.2) is 22.7 Å². The number of carbonyl (C=O) groups is 3. The molecule has 1 heterocycles. The highest BCUT2D eigenvalue weighted by Crippen LogP contribution is 2.25. The molecular formula is C14H14BrNO5. The molecule has 2 rings (SSSR count). The number of benzene rings is 1. The number of imide groups is 1. The number of nitrogens with zero attached hydrogens (tertiary/aromatic N) is 1. The summed E-state index contributed by atoms with van der Waals surface area (Å²) < 4.78 is 10.3. The second-order valence-electron chi connectivity index (χ2n) is 4.46. The molecule has 112 valence electrons. The van der Waals surface area contributed by atoms with E-state index in [-0.39, 0.29) is 31.6 Å². The molecule has 7 heteroatoms. The first-order valence-electron chi connectivity index (χ1n) is 6.35. The van der Waals surface area contributed by atoms with Crippen LogP contribution >= 0.6 is 15.9 Å². The van der Waals surface area contributed by atoms with Gasteiger partial charge in [0.1, 0.15) is 6.61 Å². The van der Waals surface area contributed by atoms with E-state index in [0.717, 1.165) is 4.47 Å². The molecule has 2 amide bonds. The van der Waals surface area contributed by atoms with Gasteiger partial charge in [0.25, 0.3) is 11.8 Å². The minimum atomic E-state index is -0.469. The normalized spacial score (nSPS) is 13.5. The number of methoxy groups -OCH3 is 1. The van der Waals surface area contributed by atoms with Gasteiger partial charge in [0.05, 0.1) is 17.7 Å². The summed E-state index contributed by atoms with van der Waals surface area (Å²) in [6.07, 6.45) is 0.391. The van der Waals surface area contributed by atoms with Crippen molar-refractivity contribution < 1.29 is 23.9 Å². The molecule has 0 bridgehead atoms. The van der Waals surface area contributed by atoms with E-state index in [9.17, 15) is 14.4 Å². The van der Waals surface area contributed by atoms with Crippen LogP contribution in [-0.4, -0.2) is 49.6 Å². The number of esters is 1. The van der Waals surface area contributed by atoms with E-state index in [1.807, 2.05) is 0 Å². The lowest BCUT2D eigenvalue weighted by atomic mass is 10.1.